The molecule has 0 unspecified atom stereocenters. The molecule has 5 nitrogen and oxygen atoms in total. The van der Waals surface area contributed by atoms with Gasteiger partial charge in [0.25, 0.3) is 0 Å². The van der Waals surface area contributed by atoms with E-state index in [0.717, 1.165) is 0 Å². The highest BCUT2D eigenvalue weighted by atomic mass is 32.1. The standard InChI is InChI=1S/C9H12N2O3S/c1-10-7(12)5-11-4-6-2-3-15-8(6)9(13)14/h2-3,11H,4-5H2,1H3,(H,10,12)(H,13,14). The Labute approximate surface area is 91.1 Å². The highest BCUT2D eigenvalue weighted by Gasteiger charge is 2.10. The Bertz CT molecular complexity index is 362. The number of carboxylic acid groups (broad SMARTS) is 1. The summed E-state index contributed by atoms with van der Waals surface area (Å²) in [6.45, 7) is 0.573. The molecular formula is C9H12N2O3S. The summed E-state index contributed by atoms with van der Waals surface area (Å²) in [5.74, 6) is -1.05. The number of carboxylic acids is 1. The summed E-state index contributed by atoms with van der Waals surface area (Å²) in [6, 6.07) is 1.74. The van der Waals surface area contributed by atoms with Gasteiger partial charge < -0.3 is 15.7 Å². The highest BCUT2D eigenvalue weighted by molar-refractivity contribution is 7.12. The average Bonchev–Trinajstić information content (AvgIpc) is 2.65. The maximum Gasteiger partial charge on any atom is 0.346 e. The molecule has 1 heterocycles. The molecule has 0 atom stereocenters. The number of amides is 1. The number of thiophene rings is 1. The number of nitrogens with one attached hydrogen (secondary N) is 2. The second-order valence-corrected chi connectivity index (χ2v) is 3.77. The topological polar surface area (TPSA) is 78.4 Å². The summed E-state index contributed by atoms with van der Waals surface area (Å²) in [6.07, 6.45) is 0. The van der Waals surface area contributed by atoms with E-state index in [-0.39, 0.29) is 12.5 Å². The smallest absolute Gasteiger partial charge is 0.346 e. The second-order valence-electron chi connectivity index (χ2n) is 2.86. The lowest BCUT2D eigenvalue weighted by Crippen LogP contribution is -2.31. The summed E-state index contributed by atoms with van der Waals surface area (Å²) in [7, 11) is 1.55. The third-order valence-corrected chi connectivity index (χ3v) is 2.77. The molecule has 0 saturated carbocycles. The Kier molecular flexibility index (Phi) is 4.26. The molecule has 1 aromatic heterocycles. The van der Waals surface area contributed by atoms with Crippen molar-refractivity contribution in [2.75, 3.05) is 13.6 Å². The summed E-state index contributed by atoms with van der Waals surface area (Å²) < 4.78 is 0. The molecule has 0 saturated heterocycles. The first-order valence-corrected chi connectivity index (χ1v) is 5.24. The molecule has 3 N–H and O–H groups in total. The van der Waals surface area contributed by atoms with E-state index in [4.69, 9.17) is 5.11 Å². The van der Waals surface area contributed by atoms with Gasteiger partial charge in [-0.05, 0) is 17.0 Å². The average molecular weight is 228 g/mol. The van der Waals surface area contributed by atoms with Crippen LogP contribution in [0.25, 0.3) is 0 Å². The molecule has 6 heteroatoms. The first-order chi connectivity index (χ1) is 7.15. The fraction of sp³-hybridized carbons (Fsp3) is 0.333. The monoisotopic (exact) mass is 228 g/mol. The van der Waals surface area contributed by atoms with Gasteiger partial charge in [0, 0.05) is 13.6 Å². The van der Waals surface area contributed by atoms with Crippen LogP contribution < -0.4 is 10.6 Å². The minimum absolute atomic E-state index is 0.123. The van der Waals surface area contributed by atoms with Gasteiger partial charge in [-0.25, -0.2) is 4.79 Å². The van der Waals surface area contributed by atoms with Crippen molar-refractivity contribution in [3.05, 3.63) is 21.9 Å². The number of aromatic carboxylic acids is 1. The summed E-state index contributed by atoms with van der Waals surface area (Å²) in [4.78, 5) is 21.9. The third-order valence-electron chi connectivity index (χ3n) is 1.82. The lowest BCUT2D eigenvalue weighted by molar-refractivity contribution is -0.119. The molecular weight excluding hydrogens is 216 g/mol. The Morgan fingerprint density at radius 2 is 2.27 bits per heavy atom. The van der Waals surface area contributed by atoms with Crippen molar-refractivity contribution in [2.45, 2.75) is 6.54 Å². The van der Waals surface area contributed by atoms with Crippen molar-refractivity contribution in [3.63, 3.8) is 0 Å². The van der Waals surface area contributed by atoms with E-state index in [2.05, 4.69) is 10.6 Å². The molecule has 82 valence electrons. The van der Waals surface area contributed by atoms with Crippen molar-refractivity contribution in [1.82, 2.24) is 10.6 Å². The van der Waals surface area contributed by atoms with Crippen LogP contribution in [0.5, 0.6) is 0 Å². The van der Waals surface area contributed by atoms with E-state index in [1.54, 1.807) is 18.5 Å². The Morgan fingerprint density at radius 3 is 2.87 bits per heavy atom. The minimum atomic E-state index is -0.929. The zero-order valence-corrected chi connectivity index (χ0v) is 9.06. The van der Waals surface area contributed by atoms with Crippen LogP contribution in [0.15, 0.2) is 11.4 Å². The van der Waals surface area contributed by atoms with Crippen molar-refractivity contribution in [3.8, 4) is 0 Å². The van der Waals surface area contributed by atoms with Crippen molar-refractivity contribution in [2.24, 2.45) is 0 Å². The van der Waals surface area contributed by atoms with E-state index < -0.39 is 5.97 Å². The maximum absolute atomic E-state index is 10.9. The van der Waals surface area contributed by atoms with Crippen LogP contribution >= 0.6 is 11.3 Å². The van der Waals surface area contributed by atoms with Gasteiger partial charge in [-0.3, -0.25) is 4.79 Å². The van der Waals surface area contributed by atoms with Crippen LogP contribution in [0.2, 0.25) is 0 Å². The van der Waals surface area contributed by atoms with Gasteiger partial charge in [0.15, 0.2) is 0 Å². The quantitative estimate of drug-likeness (QED) is 0.676. The van der Waals surface area contributed by atoms with Gasteiger partial charge in [0.05, 0.1) is 6.54 Å². The van der Waals surface area contributed by atoms with Gasteiger partial charge in [-0.2, -0.15) is 0 Å². The van der Waals surface area contributed by atoms with Gasteiger partial charge in [0.2, 0.25) is 5.91 Å². The van der Waals surface area contributed by atoms with Gasteiger partial charge in [-0.1, -0.05) is 0 Å². The number of carbonyl (C=O) groups is 2. The van der Waals surface area contributed by atoms with E-state index in [1.165, 1.54) is 11.3 Å². The molecule has 0 bridgehead atoms. The molecule has 0 aliphatic rings. The minimum Gasteiger partial charge on any atom is -0.477 e. The lowest BCUT2D eigenvalue weighted by Gasteiger charge is -2.03. The van der Waals surface area contributed by atoms with E-state index in [9.17, 15) is 9.59 Å². The van der Waals surface area contributed by atoms with Gasteiger partial charge in [0.1, 0.15) is 4.88 Å². The van der Waals surface area contributed by atoms with Crippen molar-refractivity contribution >= 4 is 23.2 Å². The number of rotatable bonds is 5. The molecule has 15 heavy (non-hydrogen) atoms. The van der Waals surface area contributed by atoms with Crippen molar-refractivity contribution < 1.29 is 14.7 Å². The molecule has 0 fully saturated rings. The first-order valence-electron chi connectivity index (χ1n) is 4.36. The Balaban J connectivity index is 2.47. The fourth-order valence-corrected chi connectivity index (χ4v) is 1.82. The van der Waals surface area contributed by atoms with E-state index >= 15 is 0 Å². The normalized spacial score (nSPS) is 9.93. The second kappa shape index (κ2) is 5.47. The lowest BCUT2D eigenvalue weighted by atomic mass is 10.2. The van der Waals surface area contributed by atoms with Crippen molar-refractivity contribution in [1.29, 1.82) is 0 Å². The summed E-state index contributed by atoms with van der Waals surface area (Å²) in [5, 5.41) is 15.9. The highest BCUT2D eigenvalue weighted by Crippen LogP contribution is 2.16. The van der Waals surface area contributed by atoms with E-state index in [0.29, 0.717) is 17.0 Å². The summed E-state index contributed by atoms with van der Waals surface area (Å²) >= 11 is 1.18. The molecule has 0 aliphatic carbocycles. The number of hydrogen-bond acceptors (Lipinski definition) is 4. The molecule has 1 aromatic rings. The van der Waals surface area contributed by atoms with Gasteiger partial charge in [-0.15, -0.1) is 11.3 Å². The van der Waals surface area contributed by atoms with Crippen LogP contribution in [0.3, 0.4) is 0 Å². The number of likely N-dealkylation sites (N-methyl/N-ethyl adjacent to an activating group) is 1. The van der Waals surface area contributed by atoms with Crippen LogP contribution in [-0.4, -0.2) is 30.6 Å². The predicted octanol–water partition coefficient (Wildman–Crippen LogP) is 0.282. The molecule has 0 radical (unpaired) electrons. The summed E-state index contributed by atoms with van der Waals surface area (Å²) in [5.41, 5.74) is 0.705. The number of carbonyl (C=O) groups excluding carboxylic acids is 1. The zero-order chi connectivity index (χ0) is 11.3. The van der Waals surface area contributed by atoms with Crippen LogP contribution in [0.1, 0.15) is 15.2 Å². The SMILES string of the molecule is CNC(=O)CNCc1ccsc1C(=O)O. The fourth-order valence-electron chi connectivity index (χ4n) is 1.06. The molecule has 0 spiro atoms. The molecule has 1 amide bonds. The Morgan fingerprint density at radius 1 is 1.53 bits per heavy atom. The van der Waals surface area contributed by atoms with Crippen LogP contribution in [0.4, 0.5) is 0 Å². The predicted molar refractivity (Wildman–Crippen MR) is 57.1 cm³/mol. The molecule has 0 aromatic carbocycles. The largest absolute Gasteiger partial charge is 0.477 e. The van der Waals surface area contributed by atoms with Gasteiger partial charge >= 0.3 is 5.97 Å². The zero-order valence-electron chi connectivity index (χ0n) is 8.24. The maximum atomic E-state index is 10.9. The number of hydrogen-bond donors (Lipinski definition) is 3. The Hall–Kier alpha value is -1.40. The van der Waals surface area contributed by atoms with Crippen LogP contribution in [0, 0.1) is 0 Å². The third kappa shape index (κ3) is 3.34. The molecule has 1 rings (SSSR count). The van der Waals surface area contributed by atoms with E-state index in [1.807, 2.05) is 0 Å². The van der Waals surface area contributed by atoms with Crippen LogP contribution in [-0.2, 0) is 11.3 Å². The molecule has 0 aliphatic heterocycles. The first kappa shape index (κ1) is 11.7.